The van der Waals surface area contributed by atoms with Crippen LogP contribution in [0.5, 0.6) is 0 Å². The molecule has 1 atom stereocenters. The van der Waals surface area contributed by atoms with Gasteiger partial charge in [-0.2, -0.15) is 0 Å². The van der Waals surface area contributed by atoms with Crippen LogP contribution in [0.4, 0.5) is 0 Å². The summed E-state index contributed by atoms with van der Waals surface area (Å²) in [6.45, 7) is 3.43. The first kappa shape index (κ1) is 13.3. The zero-order valence-corrected chi connectivity index (χ0v) is 12.0. The number of hydrogen-bond acceptors (Lipinski definition) is 2. The zero-order chi connectivity index (χ0) is 13.8. The first-order chi connectivity index (χ1) is 9.85. The molecule has 0 aromatic heterocycles. The Kier molecular flexibility index (Phi) is 4.14. The van der Waals surface area contributed by atoms with Gasteiger partial charge in [0.25, 0.3) is 0 Å². The molecule has 0 amide bonds. The van der Waals surface area contributed by atoms with Crippen molar-refractivity contribution in [3.63, 3.8) is 0 Å². The summed E-state index contributed by atoms with van der Waals surface area (Å²) in [5.74, 6) is 0. The lowest BCUT2D eigenvalue weighted by molar-refractivity contribution is 0.322. The van der Waals surface area contributed by atoms with Crippen molar-refractivity contribution in [2.24, 2.45) is 0 Å². The van der Waals surface area contributed by atoms with E-state index in [-0.39, 0.29) is 0 Å². The average Bonchev–Trinajstić information content (AvgIpc) is 2.97. The second kappa shape index (κ2) is 6.21. The SMILES string of the molecule is CNC1CCN(Cc2ccc(-c3ccccc3)cc2)C1. The van der Waals surface area contributed by atoms with Gasteiger partial charge >= 0.3 is 0 Å². The summed E-state index contributed by atoms with van der Waals surface area (Å²) in [5, 5.41) is 3.37. The molecule has 3 rings (SSSR count). The Morgan fingerprint density at radius 2 is 1.70 bits per heavy atom. The quantitative estimate of drug-likeness (QED) is 0.914. The van der Waals surface area contributed by atoms with Crippen LogP contribution < -0.4 is 5.32 Å². The van der Waals surface area contributed by atoms with E-state index in [9.17, 15) is 0 Å². The number of hydrogen-bond donors (Lipinski definition) is 1. The van der Waals surface area contributed by atoms with Gasteiger partial charge in [-0.05, 0) is 30.2 Å². The number of likely N-dealkylation sites (N-methyl/N-ethyl adjacent to an activating group) is 1. The molecular formula is C18H22N2. The van der Waals surface area contributed by atoms with E-state index in [1.807, 2.05) is 0 Å². The number of likely N-dealkylation sites (tertiary alicyclic amines) is 1. The fraction of sp³-hybridized carbons (Fsp3) is 0.333. The molecule has 104 valence electrons. The van der Waals surface area contributed by atoms with Gasteiger partial charge in [0.2, 0.25) is 0 Å². The number of benzene rings is 2. The third-order valence-electron chi connectivity index (χ3n) is 4.15. The lowest BCUT2D eigenvalue weighted by atomic mass is 10.0. The van der Waals surface area contributed by atoms with Crippen LogP contribution in [0.25, 0.3) is 11.1 Å². The van der Waals surface area contributed by atoms with Crippen LogP contribution in [0.1, 0.15) is 12.0 Å². The van der Waals surface area contributed by atoms with Crippen molar-refractivity contribution in [1.82, 2.24) is 10.2 Å². The van der Waals surface area contributed by atoms with E-state index in [2.05, 4.69) is 71.9 Å². The van der Waals surface area contributed by atoms with Crippen LogP contribution in [0, 0.1) is 0 Å². The molecule has 2 aromatic carbocycles. The summed E-state index contributed by atoms with van der Waals surface area (Å²) in [4.78, 5) is 2.53. The van der Waals surface area contributed by atoms with Crippen molar-refractivity contribution in [1.29, 1.82) is 0 Å². The molecule has 2 aromatic rings. The lowest BCUT2D eigenvalue weighted by Gasteiger charge is -2.16. The first-order valence-electron chi connectivity index (χ1n) is 7.39. The standard InChI is InChI=1S/C18H22N2/c1-19-18-11-12-20(14-18)13-15-7-9-17(10-8-15)16-5-3-2-4-6-16/h2-10,18-19H,11-14H2,1H3. The predicted octanol–water partition coefficient (Wildman–Crippen LogP) is 3.15. The van der Waals surface area contributed by atoms with Gasteiger partial charge in [-0.15, -0.1) is 0 Å². The minimum atomic E-state index is 0.665. The molecule has 1 fully saturated rings. The van der Waals surface area contributed by atoms with Gasteiger partial charge < -0.3 is 5.32 Å². The van der Waals surface area contributed by atoms with Gasteiger partial charge in [0.1, 0.15) is 0 Å². The van der Waals surface area contributed by atoms with Gasteiger partial charge in [0.15, 0.2) is 0 Å². The molecular weight excluding hydrogens is 244 g/mol. The van der Waals surface area contributed by atoms with Crippen LogP contribution in [0.3, 0.4) is 0 Å². The molecule has 20 heavy (non-hydrogen) atoms. The highest BCUT2D eigenvalue weighted by Crippen LogP contribution is 2.20. The minimum Gasteiger partial charge on any atom is -0.316 e. The Hall–Kier alpha value is -1.64. The van der Waals surface area contributed by atoms with Gasteiger partial charge in [0, 0.05) is 25.7 Å². The van der Waals surface area contributed by atoms with Crippen LogP contribution in [0.15, 0.2) is 54.6 Å². The predicted molar refractivity (Wildman–Crippen MR) is 84.6 cm³/mol. The summed E-state index contributed by atoms with van der Waals surface area (Å²) >= 11 is 0. The van der Waals surface area contributed by atoms with Crippen LogP contribution in [-0.2, 0) is 6.54 Å². The molecule has 1 unspecified atom stereocenters. The maximum absolute atomic E-state index is 3.37. The average molecular weight is 266 g/mol. The minimum absolute atomic E-state index is 0.665. The van der Waals surface area contributed by atoms with E-state index < -0.39 is 0 Å². The normalized spacial score (nSPS) is 19.4. The fourth-order valence-electron chi connectivity index (χ4n) is 2.90. The van der Waals surface area contributed by atoms with E-state index in [1.165, 1.54) is 29.7 Å². The smallest absolute Gasteiger partial charge is 0.0234 e. The van der Waals surface area contributed by atoms with Gasteiger partial charge in [-0.1, -0.05) is 54.6 Å². The van der Waals surface area contributed by atoms with E-state index in [0.29, 0.717) is 6.04 Å². The van der Waals surface area contributed by atoms with Crippen LogP contribution in [-0.4, -0.2) is 31.1 Å². The highest BCUT2D eigenvalue weighted by molar-refractivity contribution is 5.63. The van der Waals surface area contributed by atoms with Crippen LogP contribution in [0.2, 0.25) is 0 Å². The van der Waals surface area contributed by atoms with E-state index in [4.69, 9.17) is 0 Å². The number of nitrogens with one attached hydrogen (secondary N) is 1. The van der Waals surface area contributed by atoms with E-state index in [0.717, 1.165) is 13.1 Å². The fourth-order valence-corrected chi connectivity index (χ4v) is 2.90. The molecule has 1 N–H and O–H groups in total. The molecule has 1 heterocycles. The van der Waals surface area contributed by atoms with Crippen molar-refractivity contribution < 1.29 is 0 Å². The van der Waals surface area contributed by atoms with Gasteiger partial charge in [0.05, 0.1) is 0 Å². The monoisotopic (exact) mass is 266 g/mol. The second-order valence-electron chi connectivity index (χ2n) is 5.57. The highest BCUT2D eigenvalue weighted by atomic mass is 15.2. The Morgan fingerprint density at radius 1 is 1.00 bits per heavy atom. The topological polar surface area (TPSA) is 15.3 Å². The maximum atomic E-state index is 3.37. The largest absolute Gasteiger partial charge is 0.316 e. The first-order valence-corrected chi connectivity index (χ1v) is 7.39. The molecule has 1 aliphatic heterocycles. The summed E-state index contributed by atoms with van der Waals surface area (Å²) in [7, 11) is 2.06. The molecule has 2 nitrogen and oxygen atoms in total. The second-order valence-corrected chi connectivity index (χ2v) is 5.57. The van der Waals surface area contributed by atoms with Crippen molar-refractivity contribution in [3.8, 4) is 11.1 Å². The Balaban J connectivity index is 1.65. The van der Waals surface area contributed by atoms with Crippen molar-refractivity contribution in [3.05, 3.63) is 60.2 Å². The molecule has 0 aliphatic carbocycles. The molecule has 0 saturated carbocycles. The molecule has 0 radical (unpaired) electrons. The maximum Gasteiger partial charge on any atom is 0.0234 e. The third kappa shape index (κ3) is 3.09. The van der Waals surface area contributed by atoms with Crippen molar-refractivity contribution in [2.45, 2.75) is 19.0 Å². The number of nitrogens with zero attached hydrogens (tertiary/aromatic N) is 1. The van der Waals surface area contributed by atoms with Gasteiger partial charge in [-0.3, -0.25) is 4.90 Å². The van der Waals surface area contributed by atoms with Crippen molar-refractivity contribution in [2.75, 3.05) is 20.1 Å². The molecule has 1 saturated heterocycles. The van der Waals surface area contributed by atoms with Crippen molar-refractivity contribution >= 4 is 0 Å². The summed E-state index contributed by atoms with van der Waals surface area (Å²) in [6, 6.07) is 20.2. The summed E-state index contributed by atoms with van der Waals surface area (Å²) in [5.41, 5.74) is 3.99. The summed E-state index contributed by atoms with van der Waals surface area (Å²) < 4.78 is 0. The Labute approximate surface area is 121 Å². The van der Waals surface area contributed by atoms with Crippen LogP contribution >= 0.6 is 0 Å². The third-order valence-corrected chi connectivity index (χ3v) is 4.15. The zero-order valence-electron chi connectivity index (χ0n) is 12.0. The van der Waals surface area contributed by atoms with Gasteiger partial charge in [-0.25, -0.2) is 0 Å². The molecule has 2 heteroatoms. The molecule has 0 spiro atoms. The number of rotatable bonds is 4. The highest BCUT2D eigenvalue weighted by Gasteiger charge is 2.20. The lowest BCUT2D eigenvalue weighted by Crippen LogP contribution is -2.29. The molecule has 0 bridgehead atoms. The molecule has 1 aliphatic rings. The summed E-state index contributed by atoms with van der Waals surface area (Å²) in [6.07, 6.45) is 1.26. The van der Waals surface area contributed by atoms with E-state index in [1.54, 1.807) is 0 Å². The van der Waals surface area contributed by atoms with E-state index >= 15 is 0 Å². The Morgan fingerprint density at radius 3 is 2.35 bits per heavy atom. The Bertz CT molecular complexity index is 533.